The van der Waals surface area contributed by atoms with Crippen molar-refractivity contribution in [1.29, 1.82) is 0 Å². The fraction of sp³-hybridized carbons (Fsp3) is 0. The van der Waals surface area contributed by atoms with Crippen LogP contribution in [0.15, 0.2) is 4.66 Å². The molecule has 9 heavy (non-hydrogen) atoms. The quantitative estimate of drug-likeness (QED) is 0.246. The molecule has 0 amide bonds. The smallest absolute Gasteiger partial charge is 0.265 e. The van der Waals surface area contributed by atoms with E-state index in [0.29, 0.717) is 0 Å². The Hall–Kier alpha value is 4.29. The Bertz CT molecular complexity index is 20.5. The molecule has 0 aliphatic heterocycles. The normalized spacial score (nSPS) is 1.33. The van der Waals surface area contributed by atoms with Gasteiger partial charge in [0.05, 0.1) is 0 Å². The Balaban J connectivity index is -0.00000000133. The molecule has 0 aliphatic rings. The van der Waals surface area contributed by atoms with Gasteiger partial charge in [0.25, 0.3) is 7.98 Å². The van der Waals surface area contributed by atoms with E-state index in [-0.39, 0.29) is 126 Å². The molecule has 50 valence electrons. The molecule has 2 radical (unpaired) electrons. The SMILES string of the molecule is [B]N=P.[W].[W].[W].[W].[W].[W]. The third-order valence-corrected chi connectivity index (χ3v) is 0. The fourth-order valence-electron chi connectivity index (χ4n) is 0. The van der Waals surface area contributed by atoms with E-state index in [1.54, 1.807) is 0 Å². The van der Waals surface area contributed by atoms with Crippen molar-refractivity contribution < 1.29 is 126 Å². The van der Waals surface area contributed by atoms with Crippen LogP contribution in [0.3, 0.4) is 0 Å². The van der Waals surface area contributed by atoms with Gasteiger partial charge in [-0.1, -0.05) is 0 Å². The Morgan fingerprint density at radius 1 is 0.778 bits per heavy atom. The van der Waals surface area contributed by atoms with Crippen molar-refractivity contribution in [2.24, 2.45) is 4.66 Å². The Kier molecular flexibility index (Phi) is 315. The first-order chi connectivity index (χ1) is 1.41. The van der Waals surface area contributed by atoms with Gasteiger partial charge in [-0.3, -0.25) is 0 Å². The number of hydrogen-bond donors (Lipinski definition) is 0. The van der Waals surface area contributed by atoms with Crippen LogP contribution >= 0.6 is 9.03 Å². The molecule has 0 N–H and O–H groups in total. The largest absolute Gasteiger partial charge is 0.344 e. The molecule has 0 aromatic heterocycles. The topological polar surface area (TPSA) is 12.4 Å². The van der Waals surface area contributed by atoms with Crippen LogP contribution in [0.25, 0.3) is 0 Å². The second-order valence-corrected chi connectivity index (χ2v) is 0.387. The van der Waals surface area contributed by atoms with Gasteiger partial charge in [0.1, 0.15) is 0 Å². The van der Waals surface area contributed by atoms with Gasteiger partial charge in [-0.05, 0) is 9.03 Å². The molecule has 0 atom stereocenters. The van der Waals surface area contributed by atoms with E-state index in [2.05, 4.69) is 21.7 Å². The molecule has 9 heteroatoms. The monoisotopic (exact) mass is 1160 g/mol. The second-order valence-electron chi connectivity index (χ2n) is 0.129. The maximum atomic E-state index is 4.39. The number of nitrogens with zero attached hydrogens (tertiary/aromatic N) is 1. The van der Waals surface area contributed by atoms with Crippen molar-refractivity contribution in [2.75, 3.05) is 0 Å². The summed E-state index contributed by atoms with van der Waals surface area (Å²) in [6.45, 7) is 0. The molecule has 0 saturated heterocycles. The van der Waals surface area contributed by atoms with Crippen molar-refractivity contribution in [3.8, 4) is 0 Å². The molecule has 0 aromatic rings. The van der Waals surface area contributed by atoms with Crippen LogP contribution in [0.1, 0.15) is 0 Å². The molecule has 0 unspecified atom stereocenters. The van der Waals surface area contributed by atoms with Crippen molar-refractivity contribution in [3.63, 3.8) is 0 Å². The molecule has 0 heterocycles. The summed E-state index contributed by atoms with van der Waals surface area (Å²) in [5, 5.41) is 0. The van der Waals surface area contributed by atoms with Gasteiger partial charge >= 0.3 is 0 Å². The molecule has 0 aromatic carbocycles. The maximum absolute atomic E-state index is 4.39. The summed E-state index contributed by atoms with van der Waals surface area (Å²) in [4.78, 5) is 0. The minimum Gasteiger partial charge on any atom is -0.344 e. The Labute approximate surface area is 145 Å². The molecule has 0 saturated carbocycles. The van der Waals surface area contributed by atoms with E-state index < -0.39 is 0 Å². The zero-order valence-electron chi connectivity index (χ0n) is 3.97. The standard InChI is InChI=1S/BHNP.6W/c1-2-3;;;;;;/h3H;;;;;;. The second kappa shape index (κ2) is 55.9. The van der Waals surface area contributed by atoms with Gasteiger partial charge in [0.2, 0.25) is 0 Å². The zero-order valence-corrected chi connectivity index (χ0v) is 22.6. The summed E-state index contributed by atoms with van der Waals surface area (Å²) in [7, 11) is 6.97. The molecule has 0 rings (SSSR count). The van der Waals surface area contributed by atoms with Gasteiger partial charge in [-0.15, -0.1) is 0 Å². The first-order valence-electron chi connectivity index (χ1n) is 0.482. The van der Waals surface area contributed by atoms with E-state index >= 15 is 0 Å². The Morgan fingerprint density at radius 3 is 0.778 bits per heavy atom. The predicted molar refractivity (Wildman–Crippen MR) is 16.5 cm³/mol. The van der Waals surface area contributed by atoms with Gasteiger partial charge in [-0.2, -0.15) is 0 Å². The van der Waals surface area contributed by atoms with Crippen LogP contribution in [0.4, 0.5) is 0 Å². The van der Waals surface area contributed by atoms with E-state index in [9.17, 15) is 0 Å². The van der Waals surface area contributed by atoms with Crippen LogP contribution in [0, 0.1) is 0 Å². The first kappa shape index (κ1) is 50.7. The van der Waals surface area contributed by atoms with E-state index in [1.165, 1.54) is 0 Å². The molecule has 0 fully saturated rings. The summed E-state index contributed by atoms with van der Waals surface area (Å²) in [6.07, 6.45) is 0. The average molecular weight is 1160 g/mol. The summed E-state index contributed by atoms with van der Waals surface area (Å²) in [5.74, 6) is 0. The van der Waals surface area contributed by atoms with Crippen molar-refractivity contribution in [1.82, 2.24) is 0 Å². The van der Waals surface area contributed by atoms with Gasteiger partial charge < -0.3 is 4.66 Å². The summed E-state index contributed by atoms with van der Waals surface area (Å²) < 4.78 is 2.81. The minimum absolute atomic E-state index is 0. The first-order valence-corrected chi connectivity index (χ1v) is 0.929. The van der Waals surface area contributed by atoms with Crippen molar-refractivity contribution in [3.05, 3.63) is 0 Å². The maximum Gasteiger partial charge on any atom is 0.265 e. The number of hydrogen-bond acceptors (Lipinski definition) is 1. The van der Waals surface area contributed by atoms with E-state index in [1.807, 2.05) is 0 Å². The third-order valence-electron chi connectivity index (χ3n) is 0. The summed E-state index contributed by atoms with van der Waals surface area (Å²) >= 11 is 0. The van der Waals surface area contributed by atoms with Gasteiger partial charge in [0, 0.05) is 126 Å². The van der Waals surface area contributed by atoms with Crippen LogP contribution < -0.4 is 0 Å². The molecular formula is HBNPW6. The van der Waals surface area contributed by atoms with Crippen LogP contribution in [-0.4, -0.2) is 7.98 Å². The van der Waals surface area contributed by atoms with E-state index in [4.69, 9.17) is 0 Å². The predicted octanol–water partition coefficient (Wildman–Crippen LogP) is 0.381. The molecular weight excluding hydrogens is 1160 g/mol. The van der Waals surface area contributed by atoms with Gasteiger partial charge in [0.15, 0.2) is 0 Å². The zero-order chi connectivity index (χ0) is 2.71. The van der Waals surface area contributed by atoms with Crippen LogP contribution in [0.2, 0.25) is 0 Å². The summed E-state index contributed by atoms with van der Waals surface area (Å²) in [6, 6.07) is 0. The Morgan fingerprint density at radius 2 is 0.778 bits per heavy atom. The fourth-order valence-corrected chi connectivity index (χ4v) is 0. The average Bonchev–Trinajstić information content (AvgIpc) is 0.918. The van der Waals surface area contributed by atoms with Crippen molar-refractivity contribution >= 4 is 17.0 Å². The van der Waals surface area contributed by atoms with E-state index in [0.717, 1.165) is 0 Å². The summed E-state index contributed by atoms with van der Waals surface area (Å²) in [5.41, 5.74) is 0. The molecule has 0 spiro atoms. The minimum atomic E-state index is 0. The molecule has 1 nitrogen and oxygen atoms in total. The van der Waals surface area contributed by atoms with Crippen LogP contribution in [-0.2, 0) is 126 Å². The molecule has 0 aliphatic carbocycles. The molecule has 0 bridgehead atoms. The van der Waals surface area contributed by atoms with Crippen molar-refractivity contribution in [2.45, 2.75) is 0 Å². The van der Waals surface area contributed by atoms with Gasteiger partial charge in [-0.25, -0.2) is 0 Å². The third kappa shape index (κ3) is 70.6. The van der Waals surface area contributed by atoms with Crippen LogP contribution in [0.5, 0.6) is 0 Å². The number of rotatable bonds is 0.